The Morgan fingerprint density at radius 2 is 2.12 bits per heavy atom. The number of nitrogens with zero attached hydrogens (tertiary/aromatic N) is 3. The molecule has 1 aliphatic heterocycles. The highest BCUT2D eigenvalue weighted by Gasteiger charge is 2.21. The molecule has 2 heterocycles. The topological polar surface area (TPSA) is 68.6 Å². The van der Waals surface area contributed by atoms with Gasteiger partial charge in [0.25, 0.3) is 5.91 Å². The molecule has 1 aromatic heterocycles. The Kier molecular flexibility index (Phi) is 6.11. The van der Waals surface area contributed by atoms with Gasteiger partial charge in [-0.25, -0.2) is 0 Å². The van der Waals surface area contributed by atoms with Crippen LogP contribution in [0.3, 0.4) is 0 Å². The number of aromatic nitrogens is 2. The van der Waals surface area contributed by atoms with Gasteiger partial charge in [-0.3, -0.25) is 14.4 Å². The highest BCUT2D eigenvalue weighted by atomic mass is 16.5. The van der Waals surface area contributed by atoms with E-state index in [2.05, 4.69) is 15.3 Å². The average Bonchev–Trinajstić information content (AvgIpc) is 3.06. The lowest BCUT2D eigenvalue weighted by Gasteiger charge is -2.26. The molecule has 0 radical (unpaired) electrons. The van der Waals surface area contributed by atoms with Crippen LogP contribution in [0.1, 0.15) is 30.8 Å². The van der Waals surface area contributed by atoms with Crippen LogP contribution in [0.15, 0.2) is 18.2 Å². The molecule has 0 spiro atoms. The molecule has 0 aliphatic carbocycles. The number of fused-ring (bicyclic) bond motifs is 1. The Bertz CT molecular complexity index is 753. The molecule has 1 fully saturated rings. The van der Waals surface area contributed by atoms with Crippen LogP contribution < -0.4 is 10.1 Å². The van der Waals surface area contributed by atoms with Gasteiger partial charge in [0.2, 0.25) is 0 Å². The summed E-state index contributed by atoms with van der Waals surface area (Å²) in [5.74, 6) is 0.599. The third-order valence-corrected chi connectivity index (χ3v) is 4.89. The van der Waals surface area contributed by atoms with E-state index in [-0.39, 0.29) is 11.9 Å². The molecule has 1 amide bonds. The summed E-state index contributed by atoms with van der Waals surface area (Å²) in [5.41, 5.74) is 1.33. The van der Waals surface area contributed by atoms with Gasteiger partial charge >= 0.3 is 0 Å². The minimum atomic E-state index is -0.136. The molecular weight excluding hydrogens is 332 g/mol. The summed E-state index contributed by atoms with van der Waals surface area (Å²) < 4.78 is 12.8. The number of amides is 1. The monoisotopic (exact) mass is 360 g/mol. The van der Waals surface area contributed by atoms with Crippen molar-refractivity contribution in [3.05, 3.63) is 23.9 Å². The molecule has 1 N–H and O–H groups in total. The first kappa shape index (κ1) is 18.7. The smallest absolute Gasteiger partial charge is 0.272 e. The van der Waals surface area contributed by atoms with Crippen molar-refractivity contribution < 1.29 is 14.3 Å². The zero-order chi connectivity index (χ0) is 18.5. The first-order chi connectivity index (χ1) is 12.6. The molecule has 0 bridgehead atoms. The number of hydrogen-bond donors (Lipinski definition) is 1. The van der Waals surface area contributed by atoms with Crippen molar-refractivity contribution >= 4 is 16.8 Å². The summed E-state index contributed by atoms with van der Waals surface area (Å²) in [6.45, 7) is 9.01. The van der Waals surface area contributed by atoms with Crippen molar-refractivity contribution in [3.8, 4) is 5.75 Å². The van der Waals surface area contributed by atoms with Crippen LogP contribution in [0.4, 0.5) is 0 Å². The van der Waals surface area contributed by atoms with E-state index in [0.29, 0.717) is 12.2 Å². The minimum absolute atomic E-state index is 0.113. The first-order valence-electron chi connectivity index (χ1n) is 9.28. The van der Waals surface area contributed by atoms with Gasteiger partial charge in [0.05, 0.1) is 26.9 Å². The minimum Gasteiger partial charge on any atom is -0.494 e. The van der Waals surface area contributed by atoms with Gasteiger partial charge < -0.3 is 14.8 Å². The van der Waals surface area contributed by atoms with Gasteiger partial charge in [-0.2, -0.15) is 5.10 Å². The quantitative estimate of drug-likeness (QED) is 0.817. The van der Waals surface area contributed by atoms with Crippen LogP contribution in [-0.4, -0.2) is 66.6 Å². The van der Waals surface area contributed by atoms with Crippen LogP contribution >= 0.6 is 0 Å². The van der Waals surface area contributed by atoms with E-state index in [1.165, 1.54) is 0 Å². The highest BCUT2D eigenvalue weighted by molar-refractivity contribution is 6.06. The van der Waals surface area contributed by atoms with Crippen LogP contribution in [0.25, 0.3) is 10.9 Å². The largest absolute Gasteiger partial charge is 0.494 e. The van der Waals surface area contributed by atoms with Crippen molar-refractivity contribution in [2.45, 2.75) is 32.9 Å². The first-order valence-corrected chi connectivity index (χ1v) is 9.28. The zero-order valence-corrected chi connectivity index (χ0v) is 15.8. The van der Waals surface area contributed by atoms with Gasteiger partial charge in [0.1, 0.15) is 11.3 Å². The maximum absolute atomic E-state index is 12.7. The Labute approximate surface area is 154 Å². The molecule has 7 nitrogen and oxygen atoms in total. The van der Waals surface area contributed by atoms with E-state index in [1.807, 2.05) is 36.7 Å². The fourth-order valence-electron chi connectivity index (χ4n) is 3.15. The molecule has 2 aromatic rings. The normalized spacial score (nSPS) is 16.6. The number of carbonyl (C=O) groups excluding carboxylic acids is 1. The number of ether oxygens (including phenoxy) is 2. The summed E-state index contributed by atoms with van der Waals surface area (Å²) in [6, 6.07) is 5.85. The van der Waals surface area contributed by atoms with Crippen LogP contribution in [0, 0.1) is 0 Å². The van der Waals surface area contributed by atoms with E-state index in [1.54, 1.807) is 7.11 Å². The van der Waals surface area contributed by atoms with Gasteiger partial charge in [-0.1, -0.05) is 19.1 Å². The van der Waals surface area contributed by atoms with E-state index < -0.39 is 0 Å². The Hall–Kier alpha value is -2.12. The number of methoxy groups -OCH3 is 1. The van der Waals surface area contributed by atoms with Crippen LogP contribution in [0.2, 0.25) is 0 Å². The molecule has 1 saturated heterocycles. The molecule has 7 heteroatoms. The Balaban J connectivity index is 1.89. The standard InChI is InChI=1S/C19H28N4O3/c1-4-14(2)20-19(24)17-15-6-5-7-16(25-3)18(15)23(21-17)9-8-22-10-12-26-13-11-22/h5-7,14H,4,8-13H2,1-3H3,(H,20,24)/t14-/m0/s1. The molecular formula is C19H28N4O3. The molecule has 1 aromatic carbocycles. The van der Waals surface area contributed by atoms with Gasteiger partial charge in [-0.05, 0) is 19.4 Å². The third-order valence-electron chi connectivity index (χ3n) is 4.89. The lowest BCUT2D eigenvalue weighted by Crippen LogP contribution is -2.38. The second-order valence-electron chi connectivity index (χ2n) is 6.66. The highest BCUT2D eigenvalue weighted by Crippen LogP contribution is 2.28. The maximum atomic E-state index is 12.7. The SMILES string of the molecule is CC[C@H](C)NC(=O)c1nn(CCN2CCOCC2)c2c(OC)cccc12. The van der Waals surface area contributed by atoms with Gasteiger partial charge in [0.15, 0.2) is 5.69 Å². The summed E-state index contributed by atoms with van der Waals surface area (Å²) in [7, 11) is 1.65. The predicted octanol–water partition coefficient (Wildman–Crippen LogP) is 1.91. The second-order valence-corrected chi connectivity index (χ2v) is 6.66. The van der Waals surface area contributed by atoms with E-state index in [4.69, 9.17) is 9.47 Å². The molecule has 142 valence electrons. The van der Waals surface area contributed by atoms with Crippen molar-refractivity contribution in [3.63, 3.8) is 0 Å². The van der Waals surface area contributed by atoms with E-state index in [0.717, 1.165) is 55.9 Å². The predicted molar refractivity (Wildman–Crippen MR) is 101 cm³/mol. The number of nitrogens with one attached hydrogen (secondary N) is 1. The molecule has 3 rings (SSSR count). The van der Waals surface area contributed by atoms with E-state index in [9.17, 15) is 4.79 Å². The van der Waals surface area contributed by atoms with Crippen LogP contribution in [0.5, 0.6) is 5.75 Å². The van der Waals surface area contributed by atoms with Crippen LogP contribution in [-0.2, 0) is 11.3 Å². The Morgan fingerprint density at radius 3 is 2.81 bits per heavy atom. The van der Waals surface area contributed by atoms with Crippen molar-refractivity contribution in [2.75, 3.05) is 40.0 Å². The van der Waals surface area contributed by atoms with Gasteiger partial charge in [0, 0.05) is 31.1 Å². The zero-order valence-electron chi connectivity index (χ0n) is 15.8. The van der Waals surface area contributed by atoms with Crippen molar-refractivity contribution in [1.82, 2.24) is 20.0 Å². The number of morpholine rings is 1. The molecule has 0 saturated carbocycles. The lowest BCUT2D eigenvalue weighted by molar-refractivity contribution is 0.0361. The van der Waals surface area contributed by atoms with Crippen molar-refractivity contribution in [2.24, 2.45) is 0 Å². The molecule has 26 heavy (non-hydrogen) atoms. The molecule has 1 aliphatic rings. The molecule has 0 unspecified atom stereocenters. The summed E-state index contributed by atoms with van der Waals surface area (Å²) in [4.78, 5) is 15.0. The second kappa shape index (κ2) is 8.51. The maximum Gasteiger partial charge on any atom is 0.272 e. The summed E-state index contributed by atoms with van der Waals surface area (Å²) in [6.07, 6.45) is 0.880. The van der Waals surface area contributed by atoms with Crippen molar-refractivity contribution in [1.29, 1.82) is 0 Å². The number of benzene rings is 1. The number of para-hydroxylation sites is 1. The van der Waals surface area contributed by atoms with Gasteiger partial charge in [-0.15, -0.1) is 0 Å². The average molecular weight is 360 g/mol. The summed E-state index contributed by atoms with van der Waals surface area (Å²) in [5, 5.41) is 8.47. The number of carbonyl (C=O) groups is 1. The molecule has 1 atom stereocenters. The fraction of sp³-hybridized carbons (Fsp3) is 0.579. The number of hydrogen-bond acceptors (Lipinski definition) is 5. The third kappa shape index (κ3) is 3.99. The van der Waals surface area contributed by atoms with E-state index >= 15 is 0 Å². The summed E-state index contributed by atoms with van der Waals surface area (Å²) >= 11 is 0. The fourth-order valence-corrected chi connectivity index (χ4v) is 3.15. The Morgan fingerprint density at radius 1 is 1.35 bits per heavy atom. The number of rotatable bonds is 7. The lowest BCUT2D eigenvalue weighted by atomic mass is 10.1.